The molecule has 0 radical (unpaired) electrons. The van der Waals surface area contributed by atoms with Gasteiger partial charge in [-0.3, -0.25) is 0 Å². The van der Waals surface area contributed by atoms with E-state index in [2.05, 4.69) is 25.9 Å². The van der Waals surface area contributed by atoms with Crippen LogP contribution in [0.3, 0.4) is 0 Å². The van der Waals surface area contributed by atoms with Crippen LogP contribution < -0.4 is 0 Å². The topological polar surface area (TPSA) is 3.24 Å². The zero-order valence-electron chi connectivity index (χ0n) is 16.2. The highest BCUT2D eigenvalue weighted by Crippen LogP contribution is 2.13. The standard InChI is InChI=1S/C21H45N/c1-4-5-6-7-8-9-10-11-12-13-14-15-16-17-18-19-20-21-22(2)3/h4-21H2,1-3H3. The summed E-state index contributed by atoms with van der Waals surface area (Å²) in [5.41, 5.74) is 0. The molecule has 0 unspecified atom stereocenters. The molecule has 0 rings (SSSR count). The second kappa shape index (κ2) is 19.0. The van der Waals surface area contributed by atoms with Gasteiger partial charge in [-0.15, -0.1) is 0 Å². The average molecular weight is 312 g/mol. The van der Waals surface area contributed by atoms with Gasteiger partial charge in [-0.25, -0.2) is 0 Å². The van der Waals surface area contributed by atoms with E-state index in [0.717, 1.165) is 0 Å². The fourth-order valence-electron chi connectivity index (χ4n) is 3.15. The quantitative estimate of drug-likeness (QED) is 0.242. The van der Waals surface area contributed by atoms with Gasteiger partial charge in [0.15, 0.2) is 0 Å². The lowest BCUT2D eigenvalue weighted by Crippen LogP contribution is -2.12. The molecule has 134 valence electrons. The van der Waals surface area contributed by atoms with Gasteiger partial charge in [0, 0.05) is 0 Å². The zero-order chi connectivity index (χ0) is 16.3. The van der Waals surface area contributed by atoms with Crippen molar-refractivity contribution in [3.8, 4) is 0 Å². The molecule has 1 nitrogen and oxygen atoms in total. The van der Waals surface area contributed by atoms with Gasteiger partial charge < -0.3 is 4.90 Å². The van der Waals surface area contributed by atoms with Crippen LogP contribution in [0.25, 0.3) is 0 Å². The summed E-state index contributed by atoms with van der Waals surface area (Å²) in [6.07, 6.45) is 24.8. The van der Waals surface area contributed by atoms with Crippen LogP contribution in [-0.4, -0.2) is 25.5 Å². The van der Waals surface area contributed by atoms with Gasteiger partial charge >= 0.3 is 0 Å². The first-order valence-corrected chi connectivity index (χ1v) is 10.4. The van der Waals surface area contributed by atoms with E-state index in [4.69, 9.17) is 0 Å². The van der Waals surface area contributed by atoms with Crippen molar-refractivity contribution in [1.82, 2.24) is 4.90 Å². The van der Waals surface area contributed by atoms with Crippen LogP contribution in [0.2, 0.25) is 0 Å². The molecule has 0 heterocycles. The summed E-state index contributed by atoms with van der Waals surface area (Å²) in [4.78, 5) is 2.30. The van der Waals surface area contributed by atoms with Crippen molar-refractivity contribution in [1.29, 1.82) is 0 Å². The second-order valence-corrected chi connectivity index (χ2v) is 7.46. The minimum Gasteiger partial charge on any atom is -0.309 e. The highest BCUT2D eigenvalue weighted by molar-refractivity contribution is 4.51. The Hall–Kier alpha value is -0.0400. The van der Waals surface area contributed by atoms with Gasteiger partial charge in [-0.1, -0.05) is 110 Å². The van der Waals surface area contributed by atoms with Gasteiger partial charge in [0.05, 0.1) is 0 Å². The van der Waals surface area contributed by atoms with Crippen molar-refractivity contribution in [2.45, 2.75) is 116 Å². The number of nitrogens with zero attached hydrogens (tertiary/aromatic N) is 1. The molecule has 0 aliphatic rings. The summed E-state index contributed by atoms with van der Waals surface area (Å²) < 4.78 is 0. The molecule has 0 atom stereocenters. The van der Waals surface area contributed by atoms with Gasteiger partial charge in [0.1, 0.15) is 0 Å². The molecule has 0 saturated carbocycles. The minimum absolute atomic E-state index is 1.26. The molecule has 0 aliphatic heterocycles. The van der Waals surface area contributed by atoms with Gasteiger partial charge in [-0.2, -0.15) is 0 Å². The molecular formula is C21H45N. The van der Waals surface area contributed by atoms with E-state index in [9.17, 15) is 0 Å². The van der Waals surface area contributed by atoms with Crippen LogP contribution in [0.1, 0.15) is 116 Å². The molecule has 0 bridgehead atoms. The van der Waals surface area contributed by atoms with Crippen molar-refractivity contribution in [2.24, 2.45) is 0 Å². The predicted octanol–water partition coefficient (Wildman–Crippen LogP) is 7.20. The number of unbranched alkanes of at least 4 members (excludes halogenated alkanes) is 16. The molecule has 0 aromatic heterocycles. The molecule has 0 saturated heterocycles. The Balaban J connectivity index is 2.94. The van der Waals surface area contributed by atoms with E-state index in [0.29, 0.717) is 0 Å². The minimum atomic E-state index is 1.26. The third-order valence-electron chi connectivity index (χ3n) is 4.71. The monoisotopic (exact) mass is 311 g/mol. The van der Waals surface area contributed by atoms with Crippen LogP contribution >= 0.6 is 0 Å². The molecular weight excluding hydrogens is 266 g/mol. The summed E-state index contributed by atoms with van der Waals surface area (Å²) in [5, 5.41) is 0. The van der Waals surface area contributed by atoms with Crippen molar-refractivity contribution in [2.75, 3.05) is 20.6 Å². The maximum absolute atomic E-state index is 2.30. The van der Waals surface area contributed by atoms with Crippen LogP contribution in [0.15, 0.2) is 0 Å². The largest absolute Gasteiger partial charge is 0.309 e. The summed E-state index contributed by atoms with van der Waals surface area (Å²) >= 11 is 0. The Morgan fingerprint density at radius 2 is 0.682 bits per heavy atom. The molecule has 22 heavy (non-hydrogen) atoms. The molecule has 0 amide bonds. The molecule has 0 aliphatic carbocycles. The highest BCUT2D eigenvalue weighted by atomic mass is 15.0. The van der Waals surface area contributed by atoms with E-state index >= 15 is 0 Å². The Kier molecular flexibility index (Phi) is 19.0. The van der Waals surface area contributed by atoms with Crippen LogP contribution in [-0.2, 0) is 0 Å². The van der Waals surface area contributed by atoms with Crippen LogP contribution in [0.5, 0.6) is 0 Å². The second-order valence-electron chi connectivity index (χ2n) is 7.46. The van der Waals surface area contributed by atoms with E-state index < -0.39 is 0 Å². The predicted molar refractivity (Wildman–Crippen MR) is 103 cm³/mol. The highest BCUT2D eigenvalue weighted by Gasteiger charge is 1.95. The first kappa shape index (κ1) is 22.0. The third-order valence-corrected chi connectivity index (χ3v) is 4.71. The van der Waals surface area contributed by atoms with E-state index in [1.54, 1.807) is 0 Å². The smallest absolute Gasteiger partial charge is 0.00248 e. The summed E-state index contributed by atoms with van der Waals surface area (Å²) in [6.45, 7) is 3.56. The number of hydrogen-bond acceptors (Lipinski definition) is 1. The summed E-state index contributed by atoms with van der Waals surface area (Å²) in [6, 6.07) is 0. The van der Waals surface area contributed by atoms with E-state index in [-0.39, 0.29) is 0 Å². The van der Waals surface area contributed by atoms with Crippen molar-refractivity contribution in [3.63, 3.8) is 0 Å². The van der Waals surface area contributed by atoms with Crippen LogP contribution in [0, 0.1) is 0 Å². The molecule has 0 aromatic rings. The molecule has 0 spiro atoms. The molecule has 0 N–H and O–H groups in total. The lowest BCUT2D eigenvalue weighted by Gasteiger charge is -2.08. The van der Waals surface area contributed by atoms with Gasteiger partial charge in [0.25, 0.3) is 0 Å². The Morgan fingerprint density at radius 1 is 0.409 bits per heavy atom. The fraction of sp³-hybridized carbons (Fsp3) is 1.00. The maximum atomic E-state index is 2.30. The zero-order valence-corrected chi connectivity index (χ0v) is 16.2. The maximum Gasteiger partial charge on any atom is -0.00248 e. The first-order chi connectivity index (χ1) is 10.8. The first-order valence-electron chi connectivity index (χ1n) is 10.4. The average Bonchev–Trinajstić information content (AvgIpc) is 2.50. The van der Waals surface area contributed by atoms with E-state index in [1.807, 2.05) is 0 Å². The third kappa shape index (κ3) is 20.0. The lowest BCUT2D eigenvalue weighted by atomic mass is 10.0. The Morgan fingerprint density at radius 3 is 0.955 bits per heavy atom. The van der Waals surface area contributed by atoms with Crippen LogP contribution in [0.4, 0.5) is 0 Å². The van der Waals surface area contributed by atoms with Crippen molar-refractivity contribution < 1.29 is 0 Å². The SMILES string of the molecule is CCCCCCCCCCCCCCCCCCCN(C)C. The molecule has 0 fully saturated rings. The summed E-state index contributed by atoms with van der Waals surface area (Å²) in [5.74, 6) is 0. The Bertz CT molecular complexity index is 188. The summed E-state index contributed by atoms with van der Waals surface area (Å²) in [7, 11) is 4.35. The Labute approximate surface area is 142 Å². The fourth-order valence-corrected chi connectivity index (χ4v) is 3.15. The molecule has 1 heteroatoms. The number of rotatable bonds is 18. The van der Waals surface area contributed by atoms with Crippen molar-refractivity contribution in [3.05, 3.63) is 0 Å². The lowest BCUT2D eigenvalue weighted by molar-refractivity contribution is 0.389. The van der Waals surface area contributed by atoms with Gasteiger partial charge in [0.2, 0.25) is 0 Å². The molecule has 0 aromatic carbocycles. The normalized spacial score (nSPS) is 11.5. The van der Waals surface area contributed by atoms with Crippen molar-refractivity contribution >= 4 is 0 Å². The van der Waals surface area contributed by atoms with Gasteiger partial charge in [-0.05, 0) is 27.1 Å². The van der Waals surface area contributed by atoms with E-state index in [1.165, 1.54) is 116 Å². The number of hydrogen-bond donors (Lipinski definition) is 0.